The average molecular weight is 112 g/mol. The minimum atomic E-state index is -0.193. The Morgan fingerprint density at radius 1 is 1.25 bits per heavy atom. The van der Waals surface area contributed by atoms with Gasteiger partial charge in [0.15, 0.2) is 0 Å². The summed E-state index contributed by atoms with van der Waals surface area (Å²) in [5.74, 6) is -0.387. The van der Waals surface area contributed by atoms with Crippen LogP contribution in [0.2, 0.25) is 0 Å². The summed E-state index contributed by atoms with van der Waals surface area (Å²) in [6.07, 6.45) is 2.43. The molecule has 43 valence electrons. The third-order valence-electron chi connectivity index (χ3n) is 0.938. The van der Waals surface area contributed by atoms with Gasteiger partial charge in [-0.2, -0.15) is 0 Å². The van der Waals surface area contributed by atoms with Crippen LogP contribution in [0.25, 0.3) is 0 Å². The van der Waals surface area contributed by atoms with Crippen LogP contribution < -0.4 is 5.32 Å². The highest BCUT2D eigenvalue weighted by atomic mass is 16.2. The third-order valence-corrected chi connectivity index (χ3v) is 0.938. The van der Waals surface area contributed by atoms with E-state index in [1.54, 1.807) is 6.42 Å². The van der Waals surface area contributed by atoms with Gasteiger partial charge in [0.05, 0.1) is 0 Å². The molecule has 0 atom stereocenters. The maximum absolute atomic E-state index is 10.3. The molecule has 0 aromatic carbocycles. The van der Waals surface area contributed by atoms with Gasteiger partial charge in [-0.15, -0.1) is 0 Å². The Morgan fingerprint density at radius 3 is 2.00 bits per heavy atom. The summed E-state index contributed by atoms with van der Waals surface area (Å²) in [6, 6.07) is 0. The molecule has 0 aromatic heterocycles. The second-order valence-corrected chi connectivity index (χ2v) is 1.67. The van der Waals surface area contributed by atoms with Crippen LogP contribution in [0.1, 0.15) is 12.8 Å². The molecule has 0 bridgehead atoms. The summed E-state index contributed by atoms with van der Waals surface area (Å²) in [5, 5.41) is 2.17. The molecule has 0 saturated carbocycles. The fourth-order valence-electron chi connectivity index (χ4n) is 0.592. The number of hydrogen-bond donors (Lipinski definition) is 1. The minimum Gasteiger partial charge on any atom is -0.296 e. The van der Waals surface area contributed by atoms with E-state index in [1.807, 2.05) is 0 Å². The quantitative estimate of drug-likeness (QED) is 0.434. The van der Waals surface area contributed by atoms with Crippen molar-refractivity contribution in [3.8, 4) is 0 Å². The molecule has 1 radical (unpaired) electrons. The van der Waals surface area contributed by atoms with Crippen molar-refractivity contribution in [1.82, 2.24) is 5.32 Å². The highest BCUT2D eigenvalue weighted by molar-refractivity contribution is 5.98. The van der Waals surface area contributed by atoms with Crippen LogP contribution in [0.4, 0.5) is 0 Å². The van der Waals surface area contributed by atoms with Crippen molar-refractivity contribution < 1.29 is 9.59 Å². The molecule has 1 N–H and O–H groups in total. The van der Waals surface area contributed by atoms with Crippen molar-refractivity contribution in [2.24, 2.45) is 0 Å². The maximum atomic E-state index is 10.3. The number of piperidine rings is 1. The third kappa shape index (κ3) is 1.05. The van der Waals surface area contributed by atoms with E-state index in [2.05, 4.69) is 5.32 Å². The van der Waals surface area contributed by atoms with Crippen molar-refractivity contribution in [3.05, 3.63) is 6.42 Å². The zero-order valence-electron chi connectivity index (χ0n) is 4.31. The maximum Gasteiger partial charge on any atom is 0.226 e. The lowest BCUT2D eigenvalue weighted by Gasteiger charge is -2.07. The first-order valence-corrected chi connectivity index (χ1v) is 2.43. The Morgan fingerprint density at radius 2 is 1.75 bits per heavy atom. The van der Waals surface area contributed by atoms with Crippen LogP contribution in [-0.2, 0) is 9.59 Å². The van der Waals surface area contributed by atoms with Gasteiger partial charge in [0.2, 0.25) is 11.8 Å². The number of amides is 2. The minimum absolute atomic E-state index is 0.193. The molecular formula is C5H6NO2. The van der Waals surface area contributed by atoms with Gasteiger partial charge in [-0.25, -0.2) is 0 Å². The van der Waals surface area contributed by atoms with E-state index >= 15 is 0 Å². The number of carbonyl (C=O) groups is 2. The Balaban J connectivity index is 2.45. The monoisotopic (exact) mass is 112 g/mol. The zero-order valence-corrected chi connectivity index (χ0v) is 4.31. The standard InChI is InChI=1S/C5H6NO2/c7-4-2-1-3-5(8)6-4/h1H,2-3H2,(H,6,7,8). The molecule has 1 fully saturated rings. The second-order valence-electron chi connectivity index (χ2n) is 1.67. The molecular weight excluding hydrogens is 106 g/mol. The molecule has 0 spiro atoms. The molecule has 3 heteroatoms. The molecule has 1 heterocycles. The predicted molar refractivity (Wildman–Crippen MR) is 26.7 cm³/mol. The van der Waals surface area contributed by atoms with Crippen molar-refractivity contribution in [2.45, 2.75) is 12.8 Å². The molecule has 1 aliphatic heterocycles. The van der Waals surface area contributed by atoms with Gasteiger partial charge in [0.1, 0.15) is 0 Å². The van der Waals surface area contributed by atoms with E-state index < -0.39 is 0 Å². The lowest BCUT2D eigenvalue weighted by molar-refractivity contribution is -0.131. The molecule has 8 heavy (non-hydrogen) atoms. The van der Waals surface area contributed by atoms with Crippen LogP contribution in [0.15, 0.2) is 0 Å². The average Bonchev–Trinajstić information content (AvgIpc) is 1.64. The van der Waals surface area contributed by atoms with Crippen LogP contribution in [-0.4, -0.2) is 11.8 Å². The molecule has 0 aromatic rings. The van der Waals surface area contributed by atoms with Gasteiger partial charge in [0.25, 0.3) is 0 Å². The van der Waals surface area contributed by atoms with Crippen molar-refractivity contribution in [3.63, 3.8) is 0 Å². The van der Waals surface area contributed by atoms with Gasteiger partial charge in [0, 0.05) is 12.8 Å². The summed E-state index contributed by atoms with van der Waals surface area (Å²) in [4.78, 5) is 20.6. The highest BCUT2D eigenvalue weighted by Gasteiger charge is 2.13. The van der Waals surface area contributed by atoms with E-state index in [0.29, 0.717) is 12.8 Å². The lowest BCUT2D eigenvalue weighted by Crippen LogP contribution is -2.34. The first-order chi connectivity index (χ1) is 3.79. The second kappa shape index (κ2) is 1.94. The normalized spacial score (nSPS) is 20.5. The number of carbonyl (C=O) groups excluding carboxylic acids is 2. The Hall–Kier alpha value is -0.860. The van der Waals surface area contributed by atoms with Crippen LogP contribution in [0, 0.1) is 6.42 Å². The van der Waals surface area contributed by atoms with Crippen LogP contribution in [0.3, 0.4) is 0 Å². The summed E-state index contributed by atoms with van der Waals surface area (Å²) in [7, 11) is 0. The molecule has 1 aliphatic rings. The smallest absolute Gasteiger partial charge is 0.226 e. The Bertz CT molecular complexity index is 116. The van der Waals surface area contributed by atoms with E-state index in [1.165, 1.54) is 0 Å². The molecule has 0 aliphatic carbocycles. The number of imide groups is 1. The zero-order chi connectivity index (χ0) is 5.98. The van der Waals surface area contributed by atoms with Gasteiger partial charge < -0.3 is 0 Å². The van der Waals surface area contributed by atoms with E-state index in [4.69, 9.17) is 0 Å². The Kier molecular flexibility index (Phi) is 1.28. The molecule has 1 rings (SSSR count). The lowest BCUT2D eigenvalue weighted by atomic mass is 10.1. The van der Waals surface area contributed by atoms with Crippen molar-refractivity contribution >= 4 is 11.8 Å². The molecule has 2 amide bonds. The first-order valence-electron chi connectivity index (χ1n) is 2.43. The summed E-state index contributed by atoms with van der Waals surface area (Å²) in [5.41, 5.74) is 0. The first kappa shape index (κ1) is 5.28. The highest BCUT2D eigenvalue weighted by Crippen LogP contribution is 1.98. The van der Waals surface area contributed by atoms with Crippen LogP contribution in [0.5, 0.6) is 0 Å². The predicted octanol–water partition coefficient (Wildman–Crippen LogP) is -0.373. The molecule has 0 unspecified atom stereocenters. The molecule has 3 nitrogen and oxygen atoms in total. The number of rotatable bonds is 0. The van der Waals surface area contributed by atoms with E-state index in [-0.39, 0.29) is 11.8 Å². The fourth-order valence-corrected chi connectivity index (χ4v) is 0.592. The van der Waals surface area contributed by atoms with Gasteiger partial charge in [-0.05, 0) is 6.42 Å². The van der Waals surface area contributed by atoms with Gasteiger partial charge in [-0.3, -0.25) is 14.9 Å². The fraction of sp³-hybridized carbons (Fsp3) is 0.400. The summed E-state index contributed by atoms with van der Waals surface area (Å²) < 4.78 is 0. The Labute approximate surface area is 47.1 Å². The number of nitrogens with one attached hydrogen (secondary N) is 1. The topological polar surface area (TPSA) is 46.2 Å². The SMILES string of the molecule is O=C1C[CH]CC(=O)N1. The van der Waals surface area contributed by atoms with E-state index in [9.17, 15) is 9.59 Å². The number of hydrogen-bond acceptors (Lipinski definition) is 2. The van der Waals surface area contributed by atoms with E-state index in [0.717, 1.165) is 0 Å². The summed E-state index contributed by atoms with van der Waals surface area (Å²) in [6.45, 7) is 0. The summed E-state index contributed by atoms with van der Waals surface area (Å²) >= 11 is 0. The largest absolute Gasteiger partial charge is 0.296 e. The van der Waals surface area contributed by atoms with Crippen molar-refractivity contribution in [2.75, 3.05) is 0 Å². The molecule has 1 saturated heterocycles. The van der Waals surface area contributed by atoms with Crippen LogP contribution >= 0.6 is 0 Å². The van der Waals surface area contributed by atoms with Gasteiger partial charge >= 0.3 is 0 Å². The van der Waals surface area contributed by atoms with Gasteiger partial charge in [-0.1, -0.05) is 0 Å². The van der Waals surface area contributed by atoms with Crippen molar-refractivity contribution in [1.29, 1.82) is 0 Å².